The van der Waals surface area contributed by atoms with Crippen LogP contribution in [-0.2, 0) is 21.4 Å². The van der Waals surface area contributed by atoms with Crippen LogP contribution in [0.2, 0.25) is 0 Å². The number of pyridine rings is 1. The first kappa shape index (κ1) is 15.3. The van der Waals surface area contributed by atoms with Gasteiger partial charge in [0.1, 0.15) is 0 Å². The number of hydrogen-bond acceptors (Lipinski definition) is 3. The van der Waals surface area contributed by atoms with Gasteiger partial charge in [0.05, 0.1) is 24.7 Å². The molecule has 1 saturated carbocycles. The molecule has 0 radical (unpaired) electrons. The number of benzene rings is 1. The summed E-state index contributed by atoms with van der Waals surface area (Å²) in [4.78, 5) is 17.0. The molecule has 1 aliphatic carbocycles. The monoisotopic (exact) mass is 322 g/mol. The molecule has 124 valence electrons. The van der Waals surface area contributed by atoms with Gasteiger partial charge in [-0.15, -0.1) is 0 Å². The minimum absolute atomic E-state index is 0.0897. The molecule has 4 nitrogen and oxygen atoms in total. The van der Waals surface area contributed by atoms with E-state index in [1.165, 1.54) is 5.56 Å². The molecule has 24 heavy (non-hydrogen) atoms. The van der Waals surface area contributed by atoms with Crippen LogP contribution in [0.25, 0.3) is 0 Å². The topological polar surface area (TPSA) is 51.2 Å². The van der Waals surface area contributed by atoms with Crippen LogP contribution < -0.4 is 5.32 Å². The molecule has 2 fully saturated rings. The van der Waals surface area contributed by atoms with Crippen LogP contribution >= 0.6 is 0 Å². The molecule has 1 saturated heterocycles. The summed E-state index contributed by atoms with van der Waals surface area (Å²) in [7, 11) is 0. The van der Waals surface area contributed by atoms with Crippen LogP contribution in [-0.4, -0.2) is 30.1 Å². The highest BCUT2D eigenvalue weighted by Crippen LogP contribution is 2.48. The highest BCUT2D eigenvalue weighted by atomic mass is 16.5. The van der Waals surface area contributed by atoms with Crippen molar-refractivity contribution in [3.05, 3.63) is 66.0 Å². The number of rotatable bonds is 5. The summed E-state index contributed by atoms with van der Waals surface area (Å²) in [6.45, 7) is 1.30. The molecule has 1 aromatic heterocycles. The lowest BCUT2D eigenvalue weighted by molar-refractivity contribution is -0.124. The van der Waals surface area contributed by atoms with Gasteiger partial charge in [-0.25, -0.2) is 0 Å². The summed E-state index contributed by atoms with van der Waals surface area (Å²) >= 11 is 0. The molecule has 2 aliphatic rings. The van der Waals surface area contributed by atoms with E-state index in [2.05, 4.69) is 22.4 Å². The number of nitrogens with zero attached hydrogens (tertiary/aromatic N) is 1. The molecule has 0 spiro atoms. The van der Waals surface area contributed by atoms with Gasteiger partial charge in [0.25, 0.3) is 0 Å². The molecular formula is C20H22N2O2. The zero-order valence-corrected chi connectivity index (χ0v) is 13.7. The van der Waals surface area contributed by atoms with Crippen molar-refractivity contribution in [2.45, 2.75) is 30.7 Å². The Kier molecular flexibility index (Phi) is 4.07. The number of nitrogens with one attached hydrogen (secondary N) is 1. The first-order valence-electron chi connectivity index (χ1n) is 8.61. The third-order valence-corrected chi connectivity index (χ3v) is 5.27. The summed E-state index contributed by atoms with van der Waals surface area (Å²) in [5.41, 5.74) is 2.06. The van der Waals surface area contributed by atoms with Crippen molar-refractivity contribution < 1.29 is 9.53 Å². The summed E-state index contributed by atoms with van der Waals surface area (Å²) in [5, 5.41) is 3.27. The molecule has 2 heterocycles. The van der Waals surface area contributed by atoms with E-state index >= 15 is 0 Å². The van der Waals surface area contributed by atoms with Crippen LogP contribution in [0.15, 0.2) is 54.9 Å². The van der Waals surface area contributed by atoms with Gasteiger partial charge >= 0.3 is 0 Å². The predicted octanol–water partition coefficient (Wildman–Crippen LogP) is 2.49. The Hall–Kier alpha value is -2.20. The largest absolute Gasteiger partial charge is 0.379 e. The van der Waals surface area contributed by atoms with E-state index < -0.39 is 0 Å². The molecule has 4 rings (SSSR count). The van der Waals surface area contributed by atoms with Crippen molar-refractivity contribution in [3.63, 3.8) is 0 Å². The molecule has 0 bridgehead atoms. The molecule has 4 heteroatoms. The van der Waals surface area contributed by atoms with E-state index in [4.69, 9.17) is 4.74 Å². The van der Waals surface area contributed by atoms with Gasteiger partial charge in [0, 0.05) is 18.3 Å². The van der Waals surface area contributed by atoms with Gasteiger partial charge in [0.15, 0.2) is 0 Å². The summed E-state index contributed by atoms with van der Waals surface area (Å²) in [6.07, 6.45) is 6.41. The van der Waals surface area contributed by atoms with E-state index in [0.717, 1.165) is 24.8 Å². The Morgan fingerprint density at radius 2 is 1.88 bits per heavy atom. The number of carbonyl (C=O) groups is 1. The third-order valence-electron chi connectivity index (χ3n) is 5.27. The lowest BCUT2D eigenvalue weighted by Crippen LogP contribution is -2.45. The van der Waals surface area contributed by atoms with E-state index in [0.29, 0.717) is 19.1 Å². The maximum Gasteiger partial charge on any atom is 0.230 e. The number of aromatic nitrogens is 1. The van der Waals surface area contributed by atoms with E-state index in [1.807, 2.05) is 42.7 Å². The Morgan fingerprint density at radius 3 is 2.58 bits per heavy atom. The standard InChI is InChI=1S/C20H22N2O2/c23-19(20(8-9-20)17-4-2-1-3-5-17)22-18-14-24-13-16(18)12-15-6-10-21-11-7-15/h1-7,10-11,16,18H,8-9,12-14H2,(H,22,23)/t16-,18-/m1/s1. The van der Waals surface area contributed by atoms with Gasteiger partial charge < -0.3 is 10.1 Å². The molecule has 1 aromatic carbocycles. The second kappa shape index (κ2) is 6.36. The van der Waals surface area contributed by atoms with Gasteiger partial charge in [-0.3, -0.25) is 9.78 Å². The maximum absolute atomic E-state index is 12.9. The Morgan fingerprint density at radius 1 is 1.12 bits per heavy atom. The van der Waals surface area contributed by atoms with E-state index in [9.17, 15) is 4.79 Å². The normalized spacial score (nSPS) is 24.5. The quantitative estimate of drug-likeness (QED) is 0.920. The zero-order valence-electron chi connectivity index (χ0n) is 13.7. The average Bonchev–Trinajstić information content (AvgIpc) is 3.34. The lowest BCUT2D eigenvalue weighted by atomic mass is 9.92. The fourth-order valence-corrected chi connectivity index (χ4v) is 3.62. The molecule has 2 atom stereocenters. The maximum atomic E-state index is 12.9. The summed E-state index contributed by atoms with van der Waals surface area (Å²) in [5.74, 6) is 0.479. The van der Waals surface area contributed by atoms with E-state index in [-0.39, 0.29) is 17.4 Å². The predicted molar refractivity (Wildman–Crippen MR) is 91.5 cm³/mol. The number of carbonyl (C=O) groups excluding carboxylic acids is 1. The van der Waals surface area contributed by atoms with Crippen molar-refractivity contribution in [2.24, 2.45) is 5.92 Å². The molecule has 1 N–H and O–H groups in total. The molecule has 1 amide bonds. The van der Waals surface area contributed by atoms with Crippen molar-refractivity contribution in [2.75, 3.05) is 13.2 Å². The Balaban J connectivity index is 1.44. The van der Waals surface area contributed by atoms with Crippen molar-refractivity contribution in [1.29, 1.82) is 0 Å². The van der Waals surface area contributed by atoms with Crippen LogP contribution in [0.4, 0.5) is 0 Å². The number of hydrogen-bond donors (Lipinski definition) is 1. The second-order valence-electron chi connectivity index (χ2n) is 6.89. The van der Waals surface area contributed by atoms with Gasteiger partial charge in [0.2, 0.25) is 5.91 Å². The van der Waals surface area contributed by atoms with Gasteiger partial charge in [-0.05, 0) is 42.5 Å². The zero-order chi connectivity index (χ0) is 16.4. The number of amides is 1. The Labute approximate surface area is 142 Å². The van der Waals surface area contributed by atoms with Crippen LogP contribution in [0.1, 0.15) is 24.0 Å². The van der Waals surface area contributed by atoms with E-state index in [1.54, 1.807) is 0 Å². The minimum Gasteiger partial charge on any atom is -0.379 e. The van der Waals surface area contributed by atoms with Crippen LogP contribution in [0.3, 0.4) is 0 Å². The summed E-state index contributed by atoms with van der Waals surface area (Å²) in [6, 6.07) is 14.3. The molecular weight excluding hydrogens is 300 g/mol. The highest BCUT2D eigenvalue weighted by molar-refractivity contribution is 5.91. The number of ether oxygens (including phenoxy) is 1. The highest BCUT2D eigenvalue weighted by Gasteiger charge is 2.52. The fourth-order valence-electron chi connectivity index (χ4n) is 3.62. The van der Waals surface area contributed by atoms with Gasteiger partial charge in [-0.1, -0.05) is 30.3 Å². The molecule has 0 unspecified atom stereocenters. The minimum atomic E-state index is -0.314. The fraction of sp³-hybridized carbons (Fsp3) is 0.400. The molecule has 1 aliphatic heterocycles. The van der Waals surface area contributed by atoms with Crippen molar-refractivity contribution in [1.82, 2.24) is 10.3 Å². The lowest BCUT2D eigenvalue weighted by Gasteiger charge is -2.23. The van der Waals surface area contributed by atoms with Gasteiger partial charge in [-0.2, -0.15) is 0 Å². The SMILES string of the molecule is O=C(N[C@@H]1COC[C@H]1Cc1ccncc1)C1(c2ccccc2)CC1. The Bertz CT molecular complexity index is 698. The second-order valence-corrected chi connectivity index (χ2v) is 6.89. The average molecular weight is 322 g/mol. The molecule has 2 aromatic rings. The van der Waals surface area contributed by atoms with Crippen LogP contribution in [0.5, 0.6) is 0 Å². The third kappa shape index (κ3) is 2.94. The smallest absolute Gasteiger partial charge is 0.230 e. The first-order chi connectivity index (χ1) is 11.8. The first-order valence-corrected chi connectivity index (χ1v) is 8.61. The van der Waals surface area contributed by atoms with Crippen molar-refractivity contribution >= 4 is 5.91 Å². The summed E-state index contributed by atoms with van der Waals surface area (Å²) < 4.78 is 5.65. The van der Waals surface area contributed by atoms with Crippen LogP contribution in [0, 0.1) is 5.92 Å². The van der Waals surface area contributed by atoms with Crippen molar-refractivity contribution in [3.8, 4) is 0 Å².